The van der Waals surface area contributed by atoms with E-state index < -0.39 is 47.9 Å². The molecule has 0 spiro atoms. The Morgan fingerprint density at radius 1 is 0.811 bits per heavy atom. The fourth-order valence-electron chi connectivity index (χ4n) is 3.48. The van der Waals surface area contributed by atoms with E-state index in [0.29, 0.717) is 11.3 Å². The first kappa shape index (κ1) is 29.7. The second-order valence-electron chi connectivity index (χ2n) is 8.65. The number of phenols is 1. The molecule has 0 aliphatic rings. The lowest BCUT2D eigenvalue weighted by molar-refractivity contribution is -0.142. The SMILES string of the molecule is CSCCC(NC(=O)C(Cc1ccccc1)NC(=O)C(Cc1ccc(O)cc1)NC(=O)C(C)N)C(=O)O. The summed E-state index contributed by atoms with van der Waals surface area (Å²) in [6, 6.07) is 11.0. The minimum Gasteiger partial charge on any atom is -0.508 e. The van der Waals surface area contributed by atoms with Gasteiger partial charge < -0.3 is 31.9 Å². The van der Waals surface area contributed by atoms with Gasteiger partial charge in [0.2, 0.25) is 17.7 Å². The Morgan fingerprint density at radius 3 is 1.78 bits per heavy atom. The van der Waals surface area contributed by atoms with Gasteiger partial charge in [-0.25, -0.2) is 4.79 Å². The van der Waals surface area contributed by atoms with Crippen LogP contribution in [-0.2, 0) is 32.0 Å². The number of carboxylic acids is 1. The predicted molar refractivity (Wildman–Crippen MR) is 142 cm³/mol. The number of hydrogen-bond acceptors (Lipinski definition) is 7. The lowest BCUT2D eigenvalue weighted by Gasteiger charge is -2.25. The van der Waals surface area contributed by atoms with Crippen LogP contribution in [0, 0.1) is 0 Å². The molecule has 7 N–H and O–H groups in total. The second-order valence-corrected chi connectivity index (χ2v) is 9.64. The summed E-state index contributed by atoms with van der Waals surface area (Å²) < 4.78 is 0. The molecular weight excluding hydrogens is 496 g/mol. The Balaban J connectivity index is 2.28. The van der Waals surface area contributed by atoms with E-state index in [1.54, 1.807) is 36.4 Å². The average Bonchev–Trinajstić information content (AvgIpc) is 2.87. The summed E-state index contributed by atoms with van der Waals surface area (Å²) in [5.74, 6) is -2.40. The zero-order chi connectivity index (χ0) is 27.4. The molecule has 200 valence electrons. The maximum atomic E-state index is 13.4. The lowest BCUT2D eigenvalue weighted by atomic mass is 10.0. The number of carbonyl (C=O) groups excluding carboxylic acids is 3. The molecule has 0 fully saturated rings. The van der Waals surface area contributed by atoms with Gasteiger partial charge in [-0.05, 0) is 48.6 Å². The third kappa shape index (κ3) is 10.1. The van der Waals surface area contributed by atoms with Crippen LogP contribution in [0.4, 0.5) is 0 Å². The highest BCUT2D eigenvalue weighted by Gasteiger charge is 2.30. The molecule has 10 nitrogen and oxygen atoms in total. The monoisotopic (exact) mass is 530 g/mol. The summed E-state index contributed by atoms with van der Waals surface area (Å²) in [5, 5.41) is 26.9. The van der Waals surface area contributed by atoms with Crippen molar-refractivity contribution in [2.24, 2.45) is 5.73 Å². The number of nitrogens with one attached hydrogen (secondary N) is 3. The lowest BCUT2D eigenvalue weighted by Crippen LogP contribution is -2.58. The molecule has 4 unspecified atom stereocenters. The Bertz CT molecular complexity index is 1050. The first-order valence-corrected chi connectivity index (χ1v) is 13.2. The number of hydrogen-bond donors (Lipinski definition) is 6. The van der Waals surface area contributed by atoms with Crippen LogP contribution >= 0.6 is 11.8 Å². The van der Waals surface area contributed by atoms with Gasteiger partial charge in [0, 0.05) is 12.8 Å². The van der Waals surface area contributed by atoms with Crippen LogP contribution in [-0.4, -0.2) is 70.1 Å². The number of nitrogens with two attached hydrogens (primary N) is 1. The first-order chi connectivity index (χ1) is 17.6. The summed E-state index contributed by atoms with van der Waals surface area (Å²) in [6.45, 7) is 1.48. The van der Waals surface area contributed by atoms with Crippen molar-refractivity contribution < 1.29 is 29.4 Å². The molecule has 2 aromatic rings. The van der Waals surface area contributed by atoms with Gasteiger partial charge in [-0.15, -0.1) is 0 Å². The van der Waals surface area contributed by atoms with E-state index in [1.165, 1.54) is 30.8 Å². The topological polar surface area (TPSA) is 171 Å². The average molecular weight is 531 g/mol. The van der Waals surface area contributed by atoms with Crippen LogP contribution in [0.2, 0.25) is 0 Å². The van der Waals surface area contributed by atoms with Crippen molar-refractivity contribution in [2.45, 2.75) is 50.4 Å². The highest BCUT2D eigenvalue weighted by atomic mass is 32.2. The summed E-state index contributed by atoms with van der Waals surface area (Å²) >= 11 is 1.46. The molecule has 37 heavy (non-hydrogen) atoms. The molecule has 3 amide bonds. The van der Waals surface area contributed by atoms with E-state index in [1.807, 2.05) is 12.3 Å². The summed E-state index contributed by atoms with van der Waals surface area (Å²) in [4.78, 5) is 50.5. The van der Waals surface area contributed by atoms with E-state index in [4.69, 9.17) is 5.73 Å². The number of aliphatic carboxylic acids is 1. The van der Waals surface area contributed by atoms with Crippen molar-refractivity contribution in [1.82, 2.24) is 16.0 Å². The van der Waals surface area contributed by atoms with E-state index in [0.717, 1.165) is 5.56 Å². The highest BCUT2D eigenvalue weighted by molar-refractivity contribution is 7.98. The van der Waals surface area contributed by atoms with Crippen LogP contribution in [0.1, 0.15) is 24.5 Å². The maximum Gasteiger partial charge on any atom is 0.326 e. The van der Waals surface area contributed by atoms with Gasteiger partial charge in [-0.2, -0.15) is 11.8 Å². The molecule has 0 aliphatic carbocycles. The van der Waals surface area contributed by atoms with Crippen molar-refractivity contribution in [2.75, 3.05) is 12.0 Å². The molecule has 11 heteroatoms. The first-order valence-electron chi connectivity index (χ1n) is 11.8. The normalized spacial score (nSPS) is 14.0. The summed E-state index contributed by atoms with van der Waals surface area (Å²) in [6.07, 6.45) is 2.25. The molecule has 2 rings (SSSR count). The van der Waals surface area contributed by atoms with Crippen molar-refractivity contribution in [3.05, 3.63) is 65.7 Å². The largest absolute Gasteiger partial charge is 0.508 e. The van der Waals surface area contributed by atoms with Crippen LogP contribution < -0.4 is 21.7 Å². The zero-order valence-electron chi connectivity index (χ0n) is 20.8. The quantitative estimate of drug-likeness (QED) is 0.208. The molecule has 4 atom stereocenters. The van der Waals surface area contributed by atoms with Crippen molar-refractivity contribution in [3.8, 4) is 5.75 Å². The number of aromatic hydroxyl groups is 1. The van der Waals surface area contributed by atoms with Gasteiger partial charge in [-0.1, -0.05) is 42.5 Å². The van der Waals surface area contributed by atoms with Gasteiger partial charge in [0.15, 0.2) is 0 Å². The van der Waals surface area contributed by atoms with E-state index in [2.05, 4.69) is 16.0 Å². The molecule has 0 aromatic heterocycles. The number of carbonyl (C=O) groups is 4. The molecular formula is C26H34N4O6S. The third-order valence-electron chi connectivity index (χ3n) is 5.56. The van der Waals surface area contributed by atoms with E-state index >= 15 is 0 Å². The minimum absolute atomic E-state index is 0.0541. The number of rotatable bonds is 14. The number of benzene rings is 2. The molecule has 0 aliphatic heterocycles. The fourth-order valence-corrected chi connectivity index (χ4v) is 3.95. The Labute approximate surface area is 220 Å². The second kappa shape index (κ2) is 14.9. The van der Waals surface area contributed by atoms with Crippen LogP contribution in [0.25, 0.3) is 0 Å². The van der Waals surface area contributed by atoms with Gasteiger partial charge in [0.05, 0.1) is 6.04 Å². The fraction of sp³-hybridized carbons (Fsp3) is 0.385. The number of phenolic OH excluding ortho intramolecular Hbond substituents is 1. The van der Waals surface area contributed by atoms with Crippen LogP contribution in [0.5, 0.6) is 5.75 Å². The Kier molecular flexibility index (Phi) is 11.9. The minimum atomic E-state index is -1.17. The number of carboxylic acid groups (broad SMARTS) is 1. The van der Waals surface area contributed by atoms with Gasteiger partial charge in [-0.3, -0.25) is 14.4 Å². The van der Waals surface area contributed by atoms with Gasteiger partial charge >= 0.3 is 5.97 Å². The standard InChI is InChI=1S/C26H34N4O6S/c1-16(27)23(32)29-21(15-18-8-10-19(31)11-9-18)25(34)30-22(14-17-6-4-3-5-7-17)24(33)28-20(26(35)36)12-13-37-2/h3-11,16,20-22,31H,12-15,27H2,1-2H3,(H,28,33)(H,29,32)(H,30,34)(H,35,36). The van der Waals surface area contributed by atoms with Gasteiger partial charge in [0.1, 0.15) is 23.9 Å². The summed E-state index contributed by atoms with van der Waals surface area (Å²) in [7, 11) is 0. The highest BCUT2D eigenvalue weighted by Crippen LogP contribution is 2.12. The molecule has 2 aromatic carbocycles. The number of thioether (sulfide) groups is 1. The zero-order valence-corrected chi connectivity index (χ0v) is 21.7. The third-order valence-corrected chi connectivity index (χ3v) is 6.21. The van der Waals surface area contributed by atoms with Crippen molar-refractivity contribution in [3.63, 3.8) is 0 Å². The predicted octanol–water partition coefficient (Wildman–Crippen LogP) is 0.817. The van der Waals surface area contributed by atoms with Gasteiger partial charge in [0.25, 0.3) is 0 Å². The molecule has 0 radical (unpaired) electrons. The smallest absolute Gasteiger partial charge is 0.326 e. The molecule has 0 bridgehead atoms. The maximum absolute atomic E-state index is 13.4. The van der Waals surface area contributed by atoms with Crippen molar-refractivity contribution in [1.29, 1.82) is 0 Å². The Hall–Kier alpha value is -3.57. The van der Waals surface area contributed by atoms with E-state index in [-0.39, 0.29) is 25.0 Å². The number of amides is 3. The Morgan fingerprint density at radius 2 is 1.30 bits per heavy atom. The van der Waals surface area contributed by atoms with Crippen LogP contribution in [0.15, 0.2) is 54.6 Å². The molecule has 0 saturated carbocycles. The molecule has 0 saturated heterocycles. The molecule has 0 heterocycles. The summed E-state index contributed by atoms with van der Waals surface area (Å²) in [5.41, 5.74) is 7.09. The van der Waals surface area contributed by atoms with Crippen molar-refractivity contribution >= 4 is 35.5 Å². The van der Waals surface area contributed by atoms with Crippen LogP contribution in [0.3, 0.4) is 0 Å². The van der Waals surface area contributed by atoms with E-state index in [9.17, 15) is 29.4 Å².